The Balaban J connectivity index is 0.000000348. The van der Waals surface area contributed by atoms with E-state index in [0.29, 0.717) is 0 Å². The number of para-hydroxylation sites is 1. The molecule has 1 amide bonds. The normalized spacial score (nSPS) is 11.3. The largest absolute Gasteiger partial charge is 0.458 e. The van der Waals surface area contributed by atoms with E-state index in [1.54, 1.807) is 0 Å². The molecule has 0 aliphatic rings. The Morgan fingerprint density at radius 2 is 1.16 bits per heavy atom. The van der Waals surface area contributed by atoms with Gasteiger partial charge < -0.3 is 10.1 Å². The van der Waals surface area contributed by atoms with Crippen molar-refractivity contribution in [2.24, 2.45) is 5.92 Å². The summed E-state index contributed by atoms with van der Waals surface area (Å²) >= 11 is 0. The van der Waals surface area contributed by atoms with E-state index in [1.165, 1.54) is 0 Å². The molecule has 0 heterocycles. The molecule has 0 bridgehead atoms. The van der Waals surface area contributed by atoms with E-state index in [1.807, 2.05) is 68.4 Å². The van der Waals surface area contributed by atoms with E-state index in [0.717, 1.165) is 17.2 Å². The van der Waals surface area contributed by atoms with Gasteiger partial charge in [0.25, 0.3) is 0 Å². The summed E-state index contributed by atoms with van der Waals surface area (Å²) in [6.07, 6.45) is -11.5. The van der Waals surface area contributed by atoms with Crippen LogP contribution in [-0.4, -0.2) is 29.8 Å². The number of amides is 1. The molecule has 0 spiro atoms. The minimum absolute atomic E-state index is 0.0109. The highest BCUT2D eigenvalue weighted by atomic mass is 19.4. The van der Waals surface area contributed by atoms with Gasteiger partial charge in [-0.25, -0.2) is 0 Å². The number of carbonyl (C=O) groups is 3. The van der Waals surface area contributed by atoms with Gasteiger partial charge in [-0.15, -0.1) is 0 Å². The van der Waals surface area contributed by atoms with Crippen molar-refractivity contribution >= 4 is 23.2 Å². The summed E-state index contributed by atoms with van der Waals surface area (Å²) in [6, 6.07) is 16.9. The number of Topliss-reactive ketones (excluding diaryl/α,β-unsaturated/α-hetero) is 2. The summed E-state index contributed by atoms with van der Waals surface area (Å²) in [4.78, 5) is 30.8. The Bertz CT molecular complexity index is 867. The third kappa shape index (κ3) is 8.89. The lowest BCUT2D eigenvalue weighted by molar-refractivity contribution is -0.193. The van der Waals surface area contributed by atoms with Crippen LogP contribution >= 0.6 is 0 Å². The molecule has 0 saturated carbocycles. The van der Waals surface area contributed by atoms with Crippen LogP contribution in [-0.2, 0) is 14.4 Å². The van der Waals surface area contributed by atoms with Crippen molar-refractivity contribution in [2.75, 3.05) is 5.32 Å². The first-order valence-electron chi connectivity index (χ1n) is 8.58. The Morgan fingerprint density at radius 3 is 1.55 bits per heavy atom. The van der Waals surface area contributed by atoms with Crippen molar-refractivity contribution in [1.82, 2.24) is 0 Å². The van der Waals surface area contributed by atoms with Crippen LogP contribution in [0, 0.1) is 5.92 Å². The SMILES string of the molecule is CC(C)C(=O)Nc1ccc(Oc2ccccc2)cc1.O=C(C(=O)C(F)(F)F)C(F)(F)F. The van der Waals surface area contributed by atoms with Crippen molar-refractivity contribution in [1.29, 1.82) is 0 Å². The molecule has 5 nitrogen and oxygen atoms in total. The molecule has 0 aromatic heterocycles. The van der Waals surface area contributed by atoms with Crippen LogP contribution in [0.5, 0.6) is 11.5 Å². The Kier molecular flexibility index (Phi) is 8.77. The highest BCUT2D eigenvalue weighted by Gasteiger charge is 2.54. The summed E-state index contributed by atoms with van der Waals surface area (Å²) in [6.45, 7) is 3.73. The molecule has 0 saturated heterocycles. The zero-order chi connectivity index (χ0) is 23.8. The molecule has 2 aromatic rings. The molecule has 0 radical (unpaired) electrons. The predicted octanol–water partition coefficient (Wildman–Crippen LogP) is 5.32. The van der Waals surface area contributed by atoms with E-state index in [2.05, 4.69) is 5.32 Å². The van der Waals surface area contributed by atoms with E-state index >= 15 is 0 Å². The van der Waals surface area contributed by atoms with Crippen molar-refractivity contribution < 1.29 is 45.5 Å². The number of benzene rings is 2. The van der Waals surface area contributed by atoms with Crippen LogP contribution in [0.3, 0.4) is 0 Å². The number of halogens is 6. The van der Waals surface area contributed by atoms with E-state index in [4.69, 9.17) is 4.74 Å². The van der Waals surface area contributed by atoms with E-state index in [-0.39, 0.29) is 11.8 Å². The topological polar surface area (TPSA) is 72.5 Å². The summed E-state index contributed by atoms with van der Waals surface area (Å²) in [7, 11) is 0. The molecule has 0 aliphatic heterocycles. The monoisotopic (exact) mass is 449 g/mol. The average molecular weight is 449 g/mol. The number of hydrogen-bond donors (Lipinski definition) is 1. The number of carbonyl (C=O) groups excluding carboxylic acids is 3. The van der Waals surface area contributed by atoms with Gasteiger partial charge in [-0.1, -0.05) is 32.0 Å². The van der Waals surface area contributed by atoms with Crippen molar-refractivity contribution in [3.63, 3.8) is 0 Å². The molecular formula is C20H17F6NO4. The van der Waals surface area contributed by atoms with Crippen LogP contribution in [0.2, 0.25) is 0 Å². The highest BCUT2D eigenvalue weighted by molar-refractivity contribution is 6.41. The Morgan fingerprint density at radius 1 is 0.742 bits per heavy atom. The van der Waals surface area contributed by atoms with E-state index < -0.39 is 23.9 Å². The van der Waals surface area contributed by atoms with Crippen LogP contribution in [0.1, 0.15) is 13.8 Å². The smallest absolute Gasteiger partial charge is 0.457 e. The fourth-order valence-corrected chi connectivity index (χ4v) is 1.77. The summed E-state index contributed by atoms with van der Waals surface area (Å²) in [5.74, 6) is -5.29. The second-order valence-corrected chi connectivity index (χ2v) is 6.24. The van der Waals surface area contributed by atoms with Crippen molar-refractivity contribution in [2.45, 2.75) is 26.2 Å². The van der Waals surface area contributed by atoms with Gasteiger partial charge in [0.15, 0.2) is 0 Å². The lowest BCUT2D eigenvalue weighted by Gasteiger charge is -2.09. The first kappa shape index (κ1) is 25.7. The van der Waals surface area contributed by atoms with Gasteiger partial charge in [0.05, 0.1) is 0 Å². The van der Waals surface area contributed by atoms with Gasteiger partial charge in [0.1, 0.15) is 11.5 Å². The zero-order valence-electron chi connectivity index (χ0n) is 16.2. The second-order valence-electron chi connectivity index (χ2n) is 6.24. The van der Waals surface area contributed by atoms with Gasteiger partial charge in [0.2, 0.25) is 5.91 Å². The van der Waals surface area contributed by atoms with Gasteiger partial charge >= 0.3 is 23.9 Å². The van der Waals surface area contributed by atoms with Crippen LogP contribution < -0.4 is 10.1 Å². The number of anilines is 1. The summed E-state index contributed by atoms with van der Waals surface area (Å²) in [5, 5.41) is 2.84. The second kappa shape index (κ2) is 10.6. The first-order valence-corrected chi connectivity index (χ1v) is 8.58. The van der Waals surface area contributed by atoms with Crippen molar-refractivity contribution in [3.05, 3.63) is 54.6 Å². The highest BCUT2D eigenvalue weighted by Crippen LogP contribution is 2.24. The maximum atomic E-state index is 11.5. The molecule has 168 valence electrons. The van der Waals surface area contributed by atoms with E-state index in [9.17, 15) is 40.7 Å². The maximum absolute atomic E-state index is 11.5. The Labute approximate surface area is 173 Å². The van der Waals surface area contributed by atoms with Crippen LogP contribution in [0.25, 0.3) is 0 Å². The average Bonchev–Trinajstić information content (AvgIpc) is 2.68. The number of nitrogens with one attached hydrogen (secondary N) is 1. The lowest BCUT2D eigenvalue weighted by atomic mass is 10.2. The number of ketones is 2. The summed E-state index contributed by atoms with van der Waals surface area (Å²) < 4.78 is 72.6. The zero-order valence-corrected chi connectivity index (χ0v) is 16.2. The number of hydrogen-bond acceptors (Lipinski definition) is 4. The van der Waals surface area contributed by atoms with Crippen molar-refractivity contribution in [3.8, 4) is 11.5 Å². The molecule has 1 N–H and O–H groups in total. The Hall–Kier alpha value is -3.37. The molecule has 2 rings (SSSR count). The standard InChI is InChI=1S/C16H17NO2.C4F6O2/c1-12(2)16(18)17-13-8-10-15(11-9-13)19-14-6-4-3-5-7-14;5-3(6,7)1(11)2(12)4(8,9)10/h3-12H,1-2H3,(H,17,18);. The molecule has 2 aromatic carbocycles. The molecule has 0 unspecified atom stereocenters. The number of rotatable bonds is 5. The predicted molar refractivity (Wildman–Crippen MR) is 98.5 cm³/mol. The fourth-order valence-electron chi connectivity index (χ4n) is 1.77. The molecule has 0 atom stereocenters. The molecular weight excluding hydrogens is 432 g/mol. The van der Waals surface area contributed by atoms with Crippen LogP contribution in [0.15, 0.2) is 54.6 Å². The summed E-state index contributed by atoms with van der Waals surface area (Å²) in [5.41, 5.74) is 0.777. The lowest BCUT2D eigenvalue weighted by Crippen LogP contribution is -2.39. The van der Waals surface area contributed by atoms with Gasteiger partial charge in [-0.2, -0.15) is 26.3 Å². The van der Waals surface area contributed by atoms with Gasteiger partial charge in [-0.05, 0) is 36.4 Å². The van der Waals surface area contributed by atoms with Gasteiger partial charge in [0, 0.05) is 11.6 Å². The quantitative estimate of drug-likeness (QED) is 0.495. The molecule has 0 fully saturated rings. The third-order valence-electron chi connectivity index (χ3n) is 3.35. The fraction of sp³-hybridized carbons (Fsp3) is 0.250. The third-order valence-corrected chi connectivity index (χ3v) is 3.35. The molecule has 31 heavy (non-hydrogen) atoms. The minimum atomic E-state index is -5.77. The maximum Gasteiger partial charge on any atom is 0.458 e. The molecule has 11 heteroatoms. The first-order chi connectivity index (χ1) is 14.2. The number of alkyl halides is 6. The van der Waals surface area contributed by atoms with Crippen LogP contribution in [0.4, 0.5) is 32.0 Å². The minimum Gasteiger partial charge on any atom is -0.457 e. The van der Waals surface area contributed by atoms with Gasteiger partial charge in [-0.3, -0.25) is 14.4 Å². The molecule has 0 aliphatic carbocycles. The number of ether oxygens (including phenoxy) is 1.